The van der Waals surface area contributed by atoms with Crippen LogP contribution in [0, 0.1) is 5.92 Å². The molecule has 1 aliphatic heterocycles. The van der Waals surface area contributed by atoms with Crippen LogP contribution in [0.2, 0.25) is 36.3 Å². The summed E-state index contributed by atoms with van der Waals surface area (Å²) in [5.41, 5.74) is 0. The molecule has 0 bridgehead atoms. The van der Waals surface area contributed by atoms with Gasteiger partial charge in [-0.2, -0.15) is 0 Å². The topological polar surface area (TPSA) is 56.8 Å². The van der Waals surface area contributed by atoms with Gasteiger partial charge in [-0.25, -0.2) is 0 Å². The van der Waals surface area contributed by atoms with Gasteiger partial charge in [-0.05, 0) is 42.7 Å². The zero-order chi connectivity index (χ0) is 21.3. The van der Waals surface area contributed by atoms with Crippen molar-refractivity contribution in [2.75, 3.05) is 20.3 Å². The summed E-state index contributed by atoms with van der Waals surface area (Å²) in [6, 6.07) is 0.204. The van der Waals surface area contributed by atoms with Crippen molar-refractivity contribution in [3.05, 3.63) is 0 Å². The highest BCUT2D eigenvalue weighted by Gasteiger charge is 2.45. The summed E-state index contributed by atoms with van der Waals surface area (Å²) in [7, 11) is -2.32. The maximum atomic E-state index is 12.3. The molecule has 0 aromatic carbocycles. The van der Waals surface area contributed by atoms with Gasteiger partial charge in [-0.3, -0.25) is 4.79 Å². The van der Waals surface area contributed by atoms with Crippen LogP contribution in [0.1, 0.15) is 48.0 Å². The van der Waals surface area contributed by atoms with Crippen LogP contribution >= 0.6 is 0 Å². The van der Waals surface area contributed by atoms with Gasteiger partial charge in [-0.15, -0.1) is 0 Å². The summed E-state index contributed by atoms with van der Waals surface area (Å²) in [4.78, 5) is 12.3. The Hall–Kier alpha value is -0.216. The number of hydrogen-bond donors (Lipinski definition) is 1. The van der Waals surface area contributed by atoms with Gasteiger partial charge in [0.15, 0.2) is 16.6 Å². The van der Waals surface area contributed by atoms with Crippen LogP contribution in [0.4, 0.5) is 0 Å². The van der Waals surface area contributed by atoms with E-state index in [-0.39, 0.29) is 34.1 Å². The first kappa shape index (κ1) is 24.8. The Bertz CT molecular complexity index is 509. The van der Waals surface area contributed by atoms with Crippen LogP contribution in [0.15, 0.2) is 0 Å². The van der Waals surface area contributed by atoms with Gasteiger partial charge in [0.05, 0.1) is 19.1 Å². The van der Waals surface area contributed by atoms with Crippen molar-refractivity contribution in [1.82, 2.24) is 5.32 Å². The monoisotopic (exact) mass is 417 g/mol. The van der Waals surface area contributed by atoms with Crippen molar-refractivity contribution >= 4 is 22.6 Å². The van der Waals surface area contributed by atoms with Crippen molar-refractivity contribution < 1.29 is 18.4 Å². The number of hydrogen-bond acceptors (Lipinski definition) is 5. The molecule has 5 nitrogen and oxygen atoms in total. The Morgan fingerprint density at radius 1 is 1.00 bits per heavy atom. The van der Waals surface area contributed by atoms with E-state index in [2.05, 4.69) is 73.0 Å². The molecule has 1 aliphatic rings. The first-order chi connectivity index (χ1) is 12.0. The summed E-state index contributed by atoms with van der Waals surface area (Å²) >= 11 is 0. The van der Waals surface area contributed by atoms with Gasteiger partial charge in [0, 0.05) is 19.2 Å². The molecule has 0 unspecified atom stereocenters. The molecule has 1 N–H and O–H groups in total. The molecule has 0 aromatic rings. The molecule has 1 fully saturated rings. The molecule has 7 heteroatoms. The van der Waals surface area contributed by atoms with Crippen LogP contribution in [0.5, 0.6) is 0 Å². The maximum absolute atomic E-state index is 12.3. The van der Waals surface area contributed by atoms with Gasteiger partial charge < -0.3 is 18.9 Å². The molecule has 160 valence electrons. The Labute approximate surface area is 169 Å². The van der Waals surface area contributed by atoms with Gasteiger partial charge in [0.25, 0.3) is 0 Å². The van der Waals surface area contributed by atoms with E-state index in [9.17, 15) is 4.79 Å². The Balaban J connectivity index is 2.88. The largest absolute Gasteiger partial charge is 0.469 e. The normalized spacial score (nSPS) is 25.4. The van der Waals surface area contributed by atoms with E-state index in [1.807, 2.05) is 0 Å². The average Bonchev–Trinajstić information content (AvgIpc) is 2.50. The lowest BCUT2D eigenvalue weighted by molar-refractivity contribution is -0.150. The fourth-order valence-corrected chi connectivity index (χ4v) is 5.10. The Kier molecular flexibility index (Phi) is 7.95. The van der Waals surface area contributed by atoms with Crippen molar-refractivity contribution in [2.45, 2.75) is 96.4 Å². The first-order valence-electron chi connectivity index (χ1n) is 10.1. The van der Waals surface area contributed by atoms with E-state index in [0.29, 0.717) is 13.2 Å². The fourth-order valence-electron chi connectivity index (χ4n) is 2.68. The minimum Gasteiger partial charge on any atom is -0.469 e. The first-order valence-corrected chi connectivity index (χ1v) is 16.0. The molecule has 0 spiro atoms. The predicted octanol–water partition coefficient (Wildman–Crippen LogP) is 4.55. The lowest BCUT2D eigenvalue weighted by Crippen LogP contribution is -2.57. The summed E-state index contributed by atoms with van der Waals surface area (Å²) in [6.07, 6.45) is 0.661. The predicted molar refractivity (Wildman–Crippen MR) is 117 cm³/mol. The SMILES string of the molecule is COC(=O)[C@@H]1CN[C@H](CO[Si](C)(C)C(C)(C)C)C[C@@H]1O[Si](C)(C)C(C)(C)C. The highest BCUT2D eigenvalue weighted by atomic mass is 28.4. The highest BCUT2D eigenvalue weighted by Crippen LogP contribution is 2.40. The molecule has 1 saturated heterocycles. The summed E-state index contributed by atoms with van der Waals surface area (Å²) in [6.45, 7) is 23.7. The number of methoxy groups -OCH3 is 1. The van der Waals surface area contributed by atoms with Crippen LogP contribution in [-0.4, -0.2) is 55.0 Å². The van der Waals surface area contributed by atoms with E-state index >= 15 is 0 Å². The number of esters is 1. The van der Waals surface area contributed by atoms with E-state index < -0.39 is 16.6 Å². The van der Waals surface area contributed by atoms with Crippen molar-refractivity contribution in [3.63, 3.8) is 0 Å². The maximum Gasteiger partial charge on any atom is 0.312 e. The molecular weight excluding hydrogens is 374 g/mol. The van der Waals surface area contributed by atoms with Crippen molar-refractivity contribution in [2.24, 2.45) is 5.92 Å². The molecule has 0 saturated carbocycles. The second-order valence-electron chi connectivity index (χ2n) is 11.0. The third-order valence-electron chi connectivity index (χ3n) is 6.80. The smallest absolute Gasteiger partial charge is 0.312 e. The minimum atomic E-state index is -1.98. The Morgan fingerprint density at radius 3 is 1.96 bits per heavy atom. The third kappa shape index (κ3) is 6.39. The molecule has 1 heterocycles. The van der Waals surface area contributed by atoms with E-state index in [4.69, 9.17) is 13.6 Å². The van der Waals surface area contributed by atoms with E-state index in [1.165, 1.54) is 7.11 Å². The quantitative estimate of drug-likeness (QED) is 0.507. The summed E-state index contributed by atoms with van der Waals surface area (Å²) in [5, 5.41) is 3.79. The van der Waals surface area contributed by atoms with E-state index in [0.717, 1.165) is 6.42 Å². The number of carbonyl (C=O) groups is 1. The molecule has 3 atom stereocenters. The number of carbonyl (C=O) groups excluding carboxylic acids is 1. The number of nitrogens with one attached hydrogen (secondary N) is 1. The number of ether oxygens (including phenoxy) is 1. The number of rotatable bonds is 6. The number of piperidine rings is 1. The van der Waals surface area contributed by atoms with Gasteiger partial charge >= 0.3 is 5.97 Å². The zero-order valence-electron chi connectivity index (χ0n) is 19.5. The molecule has 0 amide bonds. The average molecular weight is 418 g/mol. The Morgan fingerprint density at radius 2 is 1.52 bits per heavy atom. The highest BCUT2D eigenvalue weighted by molar-refractivity contribution is 6.74. The van der Waals surface area contributed by atoms with Crippen LogP contribution in [0.3, 0.4) is 0 Å². The van der Waals surface area contributed by atoms with Crippen LogP contribution < -0.4 is 5.32 Å². The minimum absolute atomic E-state index is 0.103. The molecule has 0 radical (unpaired) electrons. The molecule has 1 rings (SSSR count). The van der Waals surface area contributed by atoms with Gasteiger partial charge in [-0.1, -0.05) is 41.5 Å². The van der Waals surface area contributed by atoms with Crippen molar-refractivity contribution in [3.8, 4) is 0 Å². The molecular formula is C20H43NO4Si2. The lowest BCUT2D eigenvalue weighted by Gasteiger charge is -2.44. The second kappa shape index (κ2) is 8.65. The molecule has 0 aliphatic carbocycles. The lowest BCUT2D eigenvalue weighted by atomic mass is 9.92. The summed E-state index contributed by atoms with van der Waals surface area (Å²) in [5.74, 6) is -0.441. The second-order valence-corrected chi connectivity index (χ2v) is 20.5. The van der Waals surface area contributed by atoms with Crippen LogP contribution in [0.25, 0.3) is 0 Å². The fraction of sp³-hybridized carbons (Fsp3) is 0.950. The standard InChI is InChI=1S/C20H43NO4Si2/c1-19(2,3)26(8,9)24-14-15-12-17(16(13-21-15)18(22)23-7)25-27(10,11)20(4,5)6/h15-17,21H,12-14H2,1-11H3/t15-,16+,17-/m0/s1. The van der Waals surface area contributed by atoms with Gasteiger partial charge in [0.1, 0.15) is 0 Å². The van der Waals surface area contributed by atoms with Gasteiger partial charge in [0.2, 0.25) is 0 Å². The molecule has 27 heavy (non-hydrogen) atoms. The van der Waals surface area contributed by atoms with Crippen LogP contribution in [-0.2, 0) is 18.4 Å². The summed E-state index contributed by atoms with van der Waals surface area (Å²) < 4.78 is 18.1. The van der Waals surface area contributed by atoms with Crippen molar-refractivity contribution in [1.29, 1.82) is 0 Å². The molecule has 0 aromatic heterocycles. The zero-order valence-corrected chi connectivity index (χ0v) is 21.5. The van der Waals surface area contributed by atoms with E-state index in [1.54, 1.807) is 0 Å². The third-order valence-corrected chi connectivity index (χ3v) is 15.8.